The molecule has 0 fully saturated rings. The van der Waals surface area contributed by atoms with E-state index in [0.717, 1.165) is 29.3 Å². The van der Waals surface area contributed by atoms with E-state index in [9.17, 15) is 4.39 Å². The van der Waals surface area contributed by atoms with Crippen LogP contribution >= 0.6 is 11.8 Å². The molecule has 0 saturated heterocycles. The smallest absolute Gasteiger partial charge is 0.123 e. The Morgan fingerprint density at radius 1 is 1.29 bits per heavy atom. The molecule has 1 rings (SSSR count). The summed E-state index contributed by atoms with van der Waals surface area (Å²) < 4.78 is 12.9. The molecular weight excluding hydrogens is 281 g/mol. The summed E-state index contributed by atoms with van der Waals surface area (Å²) in [6, 6.07) is 6.62. The zero-order valence-electron chi connectivity index (χ0n) is 13.1. The molecule has 0 heterocycles. The fraction of sp³-hybridized carbons (Fsp3) is 0.333. The number of nitrogens with zero attached hydrogens (tertiary/aromatic N) is 1. The highest BCUT2D eigenvalue weighted by atomic mass is 32.2. The van der Waals surface area contributed by atoms with Crippen LogP contribution in [-0.4, -0.2) is 11.4 Å². The minimum absolute atomic E-state index is 0.195. The molecule has 0 spiro atoms. The van der Waals surface area contributed by atoms with Crippen molar-refractivity contribution >= 4 is 11.8 Å². The summed E-state index contributed by atoms with van der Waals surface area (Å²) in [6.45, 7) is 11.3. The summed E-state index contributed by atoms with van der Waals surface area (Å²) in [5, 5.41) is 1.00. The van der Waals surface area contributed by atoms with Crippen molar-refractivity contribution in [2.45, 2.75) is 32.9 Å². The highest BCUT2D eigenvalue weighted by molar-refractivity contribution is 8.02. The Morgan fingerprint density at radius 2 is 1.95 bits per heavy atom. The quantitative estimate of drug-likeness (QED) is 0.565. The topological polar surface area (TPSA) is 3.24 Å². The molecule has 1 aromatic rings. The normalized spacial score (nSPS) is 11.9. The van der Waals surface area contributed by atoms with Crippen LogP contribution in [0.25, 0.3) is 0 Å². The molecule has 0 aliphatic heterocycles. The zero-order chi connectivity index (χ0) is 15.7. The first-order valence-corrected chi connectivity index (χ1v) is 8.23. The van der Waals surface area contributed by atoms with Gasteiger partial charge in [0.15, 0.2) is 0 Å². The van der Waals surface area contributed by atoms with E-state index in [1.807, 2.05) is 12.1 Å². The molecule has 3 heteroatoms. The molecule has 21 heavy (non-hydrogen) atoms. The molecule has 0 saturated carbocycles. The van der Waals surface area contributed by atoms with Crippen LogP contribution in [0.1, 0.15) is 32.8 Å². The fourth-order valence-electron chi connectivity index (χ4n) is 1.79. The summed E-state index contributed by atoms with van der Waals surface area (Å²) in [4.78, 5) is 2.13. The minimum Gasteiger partial charge on any atom is -0.344 e. The Hall–Kier alpha value is -1.48. The molecule has 0 unspecified atom stereocenters. The third kappa shape index (κ3) is 6.67. The van der Waals surface area contributed by atoms with Gasteiger partial charge in [-0.2, -0.15) is 0 Å². The number of hydrogen-bond donors (Lipinski definition) is 0. The predicted octanol–water partition coefficient (Wildman–Crippen LogP) is 5.72. The first-order valence-electron chi connectivity index (χ1n) is 7.24. The Labute approximate surface area is 132 Å². The van der Waals surface area contributed by atoms with Gasteiger partial charge in [0.05, 0.1) is 5.03 Å². The summed E-state index contributed by atoms with van der Waals surface area (Å²) in [6.07, 6.45) is 7.42. The fourth-order valence-corrected chi connectivity index (χ4v) is 2.67. The standard InChI is InChI=1S/C18H24FNS/c1-5-7-15(3)12-13-20(6-2)16(4)21-14-17-8-10-18(19)11-9-17/h7-13H,4-6,14H2,1-3H3/b13-12-,15-7+. The molecule has 0 aliphatic rings. The molecule has 1 nitrogen and oxygen atoms in total. The van der Waals surface area contributed by atoms with E-state index in [2.05, 4.69) is 50.6 Å². The van der Waals surface area contributed by atoms with Crippen LogP contribution in [0.3, 0.4) is 0 Å². The number of halogens is 1. The van der Waals surface area contributed by atoms with Gasteiger partial charge < -0.3 is 4.90 Å². The van der Waals surface area contributed by atoms with E-state index in [1.165, 1.54) is 17.7 Å². The molecule has 0 aliphatic carbocycles. The Balaban J connectivity index is 2.55. The maximum absolute atomic E-state index is 12.9. The summed E-state index contributed by atoms with van der Waals surface area (Å²) in [5.41, 5.74) is 2.36. The molecule has 114 valence electrons. The highest BCUT2D eigenvalue weighted by Gasteiger charge is 2.03. The number of rotatable bonds is 8. The monoisotopic (exact) mass is 305 g/mol. The number of hydrogen-bond acceptors (Lipinski definition) is 2. The van der Waals surface area contributed by atoms with Gasteiger partial charge in [0.25, 0.3) is 0 Å². The van der Waals surface area contributed by atoms with E-state index >= 15 is 0 Å². The maximum Gasteiger partial charge on any atom is 0.123 e. The first-order chi connectivity index (χ1) is 10.1. The molecular formula is C18H24FNS. The van der Waals surface area contributed by atoms with Crippen LogP contribution in [0.2, 0.25) is 0 Å². The molecule has 0 amide bonds. The summed E-state index contributed by atoms with van der Waals surface area (Å²) in [5.74, 6) is 0.603. The van der Waals surface area contributed by atoms with Crippen LogP contribution in [0.4, 0.5) is 4.39 Å². The van der Waals surface area contributed by atoms with Gasteiger partial charge in [0.2, 0.25) is 0 Å². The molecule has 0 bridgehead atoms. The van der Waals surface area contributed by atoms with Crippen LogP contribution in [0.15, 0.2) is 59.8 Å². The Kier molecular flexibility index (Phi) is 7.91. The number of thioether (sulfide) groups is 1. The van der Waals surface area contributed by atoms with Crippen LogP contribution in [0.5, 0.6) is 0 Å². The van der Waals surface area contributed by atoms with E-state index < -0.39 is 0 Å². The van der Waals surface area contributed by atoms with Crippen molar-refractivity contribution in [1.29, 1.82) is 0 Å². The maximum atomic E-state index is 12.9. The van der Waals surface area contributed by atoms with Crippen LogP contribution < -0.4 is 0 Å². The van der Waals surface area contributed by atoms with Gasteiger partial charge in [0, 0.05) is 18.5 Å². The zero-order valence-corrected chi connectivity index (χ0v) is 13.9. The lowest BCUT2D eigenvalue weighted by atomic mass is 10.2. The Bertz CT molecular complexity index is 502. The van der Waals surface area contributed by atoms with Crippen molar-refractivity contribution < 1.29 is 4.39 Å². The largest absolute Gasteiger partial charge is 0.344 e. The second-order valence-corrected chi connectivity index (χ2v) is 5.82. The molecule has 0 atom stereocenters. The molecule has 0 N–H and O–H groups in total. The van der Waals surface area contributed by atoms with E-state index in [1.54, 1.807) is 11.8 Å². The van der Waals surface area contributed by atoms with E-state index in [-0.39, 0.29) is 5.82 Å². The van der Waals surface area contributed by atoms with Crippen molar-refractivity contribution in [2.75, 3.05) is 6.54 Å². The van der Waals surface area contributed by atoms with Crippen LogP contribution in [-0.2, 0) is 5.75 Å². The van der Waals surface area contributed by atoms with Crippen molar-refractivity contribution in [1.82, 2.24) is 4.90 Å². The lowest BCUT2D eigenvalue weighted by molar-refractivity contribution is 0.526. The van der Waals surface area contributed by atoms with Gasteiger partial charge in [-0.25, -0.2) is 4.39 Å². The lowest BCUT2D eigenvalue weighted by Crippen LogP contribution is -2.13. The SMILES string of the molecule is C=C(SCc1ccc(F)cc1)N(/C=C\C(C)=C\CC)CC. The average Bonchev–Trinajstić information content (AvgIpc) is 2.47. The minimum atomic E-state index is -0.195. The van der Waals surface area contributed by atoms with Crippen LogP contribution in [0, 0.1) is 5.82 Å². The third-order valence-corrected chi connectivity index (χ3v) is 4.07. The second-order valence-electron chi connectivity index (χ2n) is 4.77. The van der Waals surface area contributed by atoms with Gasteiger partial charge in [-0.3, -0.25) is 0 Å². The molecule has 0 aromatic heterocycles. The van der Waals surface area contributed by atoms with Crippen molar-refractivity contribution in [3.05, 3.63) is 71.2 Å². The second kappa shape index (κ2) is 9.46. The van der Waals surface area contributed by atoms with Crippen molar-refractivity contribution in [3.8, 4) is 0 Å². The first kappa shape index (κ1) is 17.6. The summed E-state index contributed by atoms with van der Waals surface area (Å²) >= 11 is 1.67. The van der Waals surface area contributed by atoms with Gasteiger partial charge in [-0.1, -0.05) is 37.3 Å². The average molecular weight is 305 g/mol. The van der Waals surface area contributed by atoms with Crippen molar-refractivity contribution in [2.24, 2.45) is 0 Å². The summed E-state index contributed by atoms with van der Waals surface area (Å²) in [7, 11) is 0. The van der Waals surface area contributed by atoms with Gasteiger partial charge in [0.1, 0.15) is 5.82 Å². The molecule has 0 radical (unpaired) electrons. The van der Waals surface area contributed by atoms with Gasteiger partial charge in [-0.05, 0) is 44.0 Å². The molecule has 1 aromatic carbocycles. The van der Waals surface area contributed by atoms with Gasteiger partial charge >= 0.3 is 0 Å². The number of allylic oxidation sites excluding steroid dienone is 3. The van der Waals surface area contributed by atoms with E-state index in [0.29, 0.717) is 0 Å². The van der Waals surface area contributed by atoms with Gasteiger partial charge in [-0.15, -0.1) is 11.8 Å². The highest BCUT2D eigenvalue weighted by Crippen LogP contribution is 2.23. The van der Waals surface area contributed by atoms with Crippen molar-refractivity contribution in [3.63, 3.8) is 0 Å². The third-order valence-electron chi connectivity index (χ3n) is 3.02. The number of benzene rings is 1. The Morgan fingerprint density at radius 3 is 2.52 bits per heavy atom. The predicted molar refractivity (Wildman–Crippen MR) is 92.4 cm³/mol. The lowest BCUT2D eigenvalue weighted by Gasteiger charge is -2.20. The van der Waals surface area contributed by atoms with E-state index in [4.69, 9.17) is 0 Å².